The van der Waals surface area contributed by atoms with Gasteiger partial charge in [-0.25, -0.2) is 9.98 Å². The normalized spacial score (nSPS) is 11.2. The van der Waals surface area contributed by atoms with Gasteiger partial charge in [-0.3, -0.25) is 0 Å². The third-order valence-electron chi connectivity index (χ3n) is 4.27. The number of halogens is 1. The van der Waals surface area contributed by atoms with Crippen molar-refractivity contribution in [2.75, 3.05) is 7.05 Å². The van der Waals surface area contributed by atoms with Gasteiger partial charge in [0.05, 0.1) is 30.3 Å². The minimum Gasteiger partial charge on any atom is -0.349 e. The molecule has 0 saturated carbocycles. The Balaban J connectivity index is 0.00000280. The summed E-state index contributed by atoms with van der Waals surface area (Å²) >= 11 is 1.66. The molecule has 150 valence electrons. The topological polar surface area (TPSA) is 71.2 Å². The molecule has 9 heteroatoms. The summed E-state index contributed by atoms with van der Waals surface area (Å²) in [5, 5.41) is 14.9. The summed E-state index contributed by atoms with van der Waals surface area (Å²) in [4.78, 5) is 11.4. The van der Waals surface area contributed by atoms with E-state index in [1.165, 1.54) is 5.56 Å². The lowest BCUT2D eigenvalue weighted by molar-refractivity contribution is 0.466. The molecule has 7 nitrogen and oxygen atoms in total. The van der Waals surface area contributed by atoms with Crippen molar-refractivity contribution in [3.63, 3.8) is 0 Å². The maximum atomic E-state index is 4.80. The molecular formula is C19H26IN7S. The Hall–Kier alpha value is -2.01. The summed E-state index contributed by atoms with van der Waals surface area (Å²) in [6.07, 6.45) is 0. The van der Waals surface area contributed by atoms with Gasteiger partial charge >= 0.3 is 0 Å². The zero-order valence-electron chi connectivity index (χ0n) is 16.6. The van der Waals surface area contributed by atoms with Gasteiger partial charge in [0.25, 0.3) is 0 Å². The Morgan fingerprint density at radius 2 is 1.96 bits per heavy atom. The lowest BCUT2D eigenvalue weighted by Crippen LogP contribution is -2.38. The second-order valence-corrected chi connectivity index (χ2v) is 7.48. The minimum absolute atomic E-state index is 0. The molecule has 3 aromatic rings. The van der Waals surface area contributed by atoms with E-state index >= 15 is 0 Å². The molecule has 2 heterocycles. The average molecular weight is 511 g/mol. The summed E-state index contributed by atoms with van der Waals surface area (Å²) in [6.45, 7) is 5.83. The van der Waals surface area contributed by atoms with E-state index in [9.17, 15) is 0 Å². The number of hydrogen-bond acceptors (Lipinski definition) is 5. The van der Waals surface area contributed by atoms with E-state index in [4.69, 9.17) is 4.99 Å². The Kier molecular flexibility index (Phi) is 8.36. The summed E-state index contributed by atoms with van der Waals surface area (Å²) in [6, 6.07) is 10.2. The highest BCUT2D eigenvalue weighted by Gasteiger charge is 2.11. The van der Waals surface area contributed by atoms with Crippen LogP contribution in [0.1, 0.15) is 27.9 Å². The second-order valence-electron chi connectivity index (χ2n) is 6.42. The molecule has 0 unspecified atom stereocenters. The van der Waals surface area contributed by atoms with Gasteiger partial charge in [-0.15, -0.1) is 45.5 Å². The van der Waals surface area contributed by atoms with Gasteiger partial charge in [0.15, 0.2) is 11.8 Å². The highest BCUT2D eigenvalue weighted by Crippen LogP contribution is 2.10. The summed E-state index contributed by atoms with van der Waals surface area (Å²) in [5.74, 6) is 2.57. The van der Waals surface area contributed by atoms with E-state index in [0.29, 0.717) is 19.6 Å². The van der Waals surface area contributed by atoms with Gasteiger partial charge < -0.3 is 14.8 Å². The molecule has 0 radical (unpaired) electrons. The number of aryl methyl sites for hydroxylation is 2. The van der Waals surface area contributed by atoms with Crippen molar-refractivity contribution < 1.29 is 0 Å². The maximum Gasteiger partial charge on any atom is 0.194 e. The lowest BCUT2D eigenvalue weighted by Gasteiger charge is -2.21. The number of aliphatic imine (C=N–C) groups is 1. The number of thiazole rings is 1. The number of aromatic nitrogens is 4. The molecule has 0 aliphatic carbocycles. The van der Waals surface area contributed by atoms with Crippen LogP contribution in [0.5, 0.6) is 0 Å². The molecule has 3 rings (SSSR count). The zero-order valence-corrected chi connectivity index (χ0v) is 19.7. The lowest BCUT2D eigenvalue weighted by atomic mass is 10.2. The van der Waals surface area contributed by atoms with Gasteiger partial charge in [-0.05, 0) is 19.4 Å². The third-order valence-corrected chi connectivity index (χ3v) is 5.09. The smallest absolute Gasteiger partial charge is 0.194 e. The SMILES string of the molecule is Cc1nc(CN(C)C(=NCc2ccccc2)NCc2nnc(C)n2C)cs1.I. The van der Waals surface area contributed by atoms with E-state index in [-0.39, 0.29) is 24.0 Å². The van der Waals surface area contributed by atoms with Crippen LogP contribution in [-0.2, 0) is 26.7 Å². The van der Waals surface area contributed by atoms with Crippen LogP contribution in [0, 0.1) is 13.8 Å². The Labute approximate surface area is 187 Å². The number of nitrogens with zero attached hydrogens (tertiary/aromatic N) is 6. The van der Waals surface area contributed by atoms with Gasteiger partial charge in [-0.2, -0.15) is 0 Å². The van der Waals surface area contributed by atoms with Crippen molar-refractivity contribution in [2.45, 2.75) is 33.5 Å². The Morgan fingerprint density at radius 1 is 1.21 bits per heavy atom. The van der Waals surface area contributed by atoms with Crippen LogP contribution >= 0.6 is 35.3 Å². The van der Waals surface area contributed by atoms with Crippen LogP contribution < -0.4 is 5.32 Å². The highest BCUT2D eigenvalue weighted by molar-refractivity contribution is 14.0. The minimum atomic E-state index is 0. The molecule has 0 bridgehead atoms. The summed E-state index contributed by atoms with van der Waals surface area (Å²) < 4.78 is 1.98. The number of nitrogens with one attached hydrogen (secondary N) is 1. The molecule has 0 amide bonds. The van der Waals surface area contributed by atoms with Gasteiger partial charge in [0.1, 0.15) is 5.82 Å². The van der Waals surface area contributed by atoms with Gasteiger partial charge in [0, 0.05) is 19.5 Å². The quantitative estimate of drug-likeness (QED) is 0.313. The van der Waals surface area contributed by atoms with Crippen LogP contribution in [0.4, 0.5) is 0 Å². The fourth-order valence-electron chi connectivity index (χ4n) is 2.62. The number of benzene rings is 1. The molecule has 1 N–H and O–H groups in total. The van der Waals surface area contributed by atoms with Crippen LogP contribution in [-0.4, -0.2) is 37.7 Å². The number of hydrogen-bond donors (Lipinski definition) is 1. The molecule has 0 spiro atoms. The van der Waals surface area contributed by atoms with Crippen molar-refractivity contribution in [3.8, 4) is 0 Å². The molecule has 0 aliphatic heterocycles. The fourth-order valence-corrected chi connectivity index (χ4v) is 3.23. The first-order valence-corrected chi connectivity index (χ1v) is 9.70. The van der Waals surface area contributed by atoms with Crippen LogP contribution in [0.25, 0.3) is 0 Å². The monoisotopic (exact) mass is 511 g/mol. The van der Waals surface area contributed by atoms with Gasteiger partial charge in [-0.1, -0.05) is 30.3 Å². The van der Waals surface area contributed by atoms with Crippen LogP contribution in [0.3, 0.4) is 0 Å². The first-order chi connectivity index (χ1) is 13.0. The van der Waals surface area contributed by atoms with Gasteiger partial charge in [0.2, 0.25) is 0 Å². The van der Waals surface area contributed by atoms with Crippen LogP contribution in [0.15, 0.2) is 40.7 Å². The van der Waals surface area contributed by atoms with Crippen molar-refractivity contribution in [1.82, 2.24) is 30.0 Å². The third kappa shape index (κ3) is 5.99. The first-order valence-electron chi connectivity index (χ1n) is 8.82. The summed E-state index contributed by atoms with van der Waals surface area (Å²) in [7, 11) is 3.99. The second kappa shape index (κ2) is 10.5. The molecule has 28 heavy (non-hydrogen) atoms. The molecule has 0 atom stereocenters. The highest BCUT2D eigenvalue weighted by atomic mass is 127. The standard InChI is InChI=1S/C19H25N7S.HI/c1-14-23-24-18(26(14)4)11-21-19(20-10-16-8-6-5-7-9-16)25(3)12-17-13-27-15(2)22-17;/h5-9,13H,10-12H2,1-4H3,(H,20,21);1H. The molecule has 0 fully saturated rings. The molecular weight excluding hydrogens is 485 g/mol. The Bertz CT molecular complexity index is 904. The zero-order chi connectivity index (χ0) is 19.2. The number of guanidine groups is 1. The van der Waals surface area contributed by atoms with E-state index < -0.39 is 0 Å². The predicted octanol–water partition coefficient (Wildman–Crippen LogP) is 3.28. The van der Waals surface area contributed by atoms with E-state index in [1.807, 2.05) is 50.7 Å². The van der Waals surface area contributed by atoms with E-state index in [0.717, 1.165) is 28.3 Å². The largest absolute Gasteiger partial charge is 0.349 e. The molecule has 0 saturated heterocycles. The molecule has 1 aromatic carbocycles. The first kappa shape index (κ1) is 22.3. The van der Waals surface area contributed by atoms with E-state index in [1.54, 1.807) is 11.3 Å². The predicted molar refractivity (Wildman–Crippen MR) is 124 cm³/mol. The summed E-state index contributed by atoms with van der Waals surface area (Å²) in [5.41, 5.74) is 2.22. The molecule has 2 aromatic heterocycles. The fraction of sp³-hybridized carbons (Fsp3) is 0.368. The maximum absolute atomic E-state index is 4.80. The van der Waals surface area contributed by atoms with Crippen LogP contribution in [0.2, 0.25) is 0 Å². The average Bonchev–Trinajstić information content (AvgIpc) is 3.22. The van der Waals surface area contributed by atoms with Crippen molar-refractivity contribution in [3.05, 3.63) is 63.6 Å². The van der Waals surface area contributed by atoms with E-state index in [2.05, 4.69) is 42.9 Å². The van der Waals surface area contributed by atoms with Crippen molar-refractivity contribution in [2.24, 2.45) is 12.0 Å². The van der Waals surface area contributed by atoms with Crippen molar-refractivity contribution in [1.29, 1.82) is 0 Å². The molecule has 0 aliphatic rings. The number of rotatable bonds is 6. The Morgan fingerprint density at radius 3 is 2.57 bits per heavy atom. The van der Waals surface area contributed by atoms with Crippen molar-refractivity contribution >= 4 is 41.3 Å².